The molecule has 0 N–H and O–H groups in total. The van der Waals surface area contributed by atoms with Gasteiger partial charge in [-0.2, -0.15) is 0 Å². The first-order valence-corrected chi connectivity index (χ1v) is 9.37. The highest BCUT2D eigenvalue weighted by Crippen LogP contribution is 2.24. The van der Waals surface area contributed by atoms with Gasteiger partial charge in [-0.3, -0.25) is 0 Å². The largest absolute Gasteiger partial charge is 0.423 e. The quantitative estimate of drug-likeness (QED) is 0.196. The predicted octanol–water partition coefficient (Wildman–Crippen LogP) is 5.37. The predicted molar refractivity (Wildman–Crippen MR) is 116 cm³/mol. The molecular weight excluding hydrogens is 360 g/mol. The minimum absolute atomic E-state index is 0.431. The van der Waals surface area contributed by atoms with E-state index in [0.29, 0.717) is 23.7 Å². The van der Waals surface area contributed by atoms with Crippen molar-refractivity contribution in [3.05, 3.63) is 109 Å². The molecule has 4 nitrogen and oxygen atoms in total. The fourth-order valence-electron chi connectivity index (χ4n) is 3.18. The third-order valence-electron chi connectivity index (χ3n) is 4.53. The van der Waals surface area contributed by atoms with E-state index in [1.54, 1.807) is 18.2 Å². The molecule has 4 aromatic rings. The molecule has 0 bridgehead atoms. The number of hydrogen-bond donors (Lipinski definition) is 0. The van der Waals surface area contributed by atoms with Gasteiger partial charge in [-0.1, -0.05) is 66.7 Å². The molecule has 4 rings (SSSR count). The van der Waals surface area contributed by atoms with Crippen LogP contribution in [0.25, 0.3) is 22.7 Å². The van der Waals surface area contributed by atoms with Gasteiger partial charge < -0.3 is 9.30 Å². The minimum atomic E-state index is -0.431. The Labute approximate surface area is 169 Å². The van der Waals surface area contributed by atoms with Gasteiger partial charge in [-0.25, -0.2) is 9.78 Å². The van der Waals surface area contributed by atoms with E-state index >= 15 is 0 Å². The molecule has 0 atom stereocenters. The van der Waals surface area contributed by atoms with Gasteiger partial charge in [0.2, 0.25) is 0 Å². The number of allylic oxidation sites excluding steroid dienone is 1. The van der Waals surface area contributed by atoms with E-state index in [-0.39, 0.29) is 0 Å². The molecule has 142 valence electrons. The summed E-state index contributed by atoms with van der Waals surface area (Å²) in [5.74, 6) is 0.744. The van der Waals surface area contributed by atoms with Gasteiger partial charge in [0.25, 0.3) is 0 Å². The Morgan fingerprint density at radius 2 is 1.59 bits per heavy atom. The van der Waals surface area contributed by atoms with Crippen LogP contribution in [0.3, 0.4) is 0 Å². The lowest BCUT2D eigenvalue weighted by Crippen LogP contribution is -2.11. The van der Waals surface area contributed by atoms with Gasteiger partial charge >= 0.3 is 5.97 Å². The Morgan fingerprint density at radius 1 is 0.931 bits per heavy atom. The molecule has 0 aliphatic heterocycles. The summed E-state index contributed by atoms with van der Waals surface area (Å²) in [6.07, 6.45) is 3.60. The number of aromatic nitrogens is 2. The van der Waals surface area contributed by atoms with Gasteiger partial charge in [0.1, 0.15) is 11.6 Å². The first-order chi connectivity index (χ1) is 14.3. The Bertz CT molecular complexity index is 1180. The molecule has 3 aromatic carbocycles. The molecule has 1 heterocycles. The van der Waals surface area contributed by atoms with E-state index < -0.39 is 5.97 Å². The lowest BCUT2D eigenvalue weighted by Gasteiger charge is -2.09. The summed E-state index contributed by atoms with van der Waals surface area (Å²) in [6, 6.07) is 26.4. The number of imidazole rings is 1. The van der Waals surface area contributed by atoms with Crippen LogP contribution in [0.2, 0.25) is 0 Å². The summed E-state index contributed by atoms with van der Waals surface area (Å²) < 4.78 is 7.64. The van der Waals surface area contributed by atoms with Crippen molar-refractivity contribution < 1.29 is 9.53 Å². The van der Waals surface area contributed by atoms with Gasteiger partial charge in [0, 0.05) is 6.54 Å². The lowest BCUT2D eigenvalue weighted by molar-refractivity contribution is -0.127. The van der Waals surface area contributed by atoms with Crippen molar-refractivity contribution in [1.29, 1.82) is 0 Å². The second-order valence-corrected chi connectivity index (χ2v) is 6.48. The molecule has 1 aromatic heterocycles. The van der Waals surface area contributed by atoms with Crippen molar-refractivity contribution in [2.75, 3.05) is 0 Å². The van der Waals surface area contributed by atoms with Gasteiger partial charge in [-0.15, -0.1) is 6.58 Å². The molecule has 0 saturated carbocycles. The number of carbonyl (C=O) groups excluding carboxylic acids is 1. The topological polar surface area (TPSA) is 44.1 Å². The van der Waals surface area contributed by atoms with E-state index in [1.165, 1.54) is 0 Å². The van der Waals surface area contributed by atoms with Crippen LogP contribution in [0.4, 0.5) is 0 Å². The number of esters is 1. The van der Waals surface area contributed by atoms with Crippen LogP contribution < -0.4 is 4.74 Å². The highest BCUT2D eigenvalue weighted by Gasteiger charge is 2.17. The highest BCUT2D eigenvalue weighted by molar-refractivity contribution is 6.22. The molecule has 0 spiro atoms. The number of fused-ring (bicyclic) bond motifs is 1. The Hall–Kier alpha value is -3.92. The molecule has 29 heavy (non-hydrogen) atoms. The fourth-order valence-corrected chi connectivity index (χ4v) is 3.18. The fraction of sp³-hybridized carbons (Fsp3) is 0.0400. The summed E-state index contributed by atoms with van der Waals surface area (Å²) in [7, 11) is 0. The van der Waals surface area contributed by atoms with Crippen LogP contribution in [0.5, 0.6) is 5.75 Å². The van der Waals surface area contributed by atoms with Crippen LogP contribution in [0.15, 0.2) is 97.6 Å². The van der Waals surface area contributed by atoms with Crippen molar-refractivity contribution in [3.8, 4) is 5.75 Å². The zero-order chi connectivity index (χ0) is 20.1. The summed E-state index contributed by atoms with van der Waals surface area (Å²) in [5.41, 5.74) is 3.06. The third kappa shape index (κ3) is 4.01. The first-order valence-electron chi connectivity index (χ1n) is 9.37. The number of carbonyl (C=O) groups is 1. The Morgan fingerprint density at radius 3 is 2.31 bits per heavy atom. The average Bonchev–Trinajstić information content (AvgIpc) is 3.11. The van der Waals surface area contributed by atoms with Crippen molar-refractivity contribution in [2.24, 2.45) is 0 Å². The monoisotopic (exact) mass is 380 g/mol. The number of ether oxygens (including phenoxy) is 1. The maximum atomic E-state index is 13.1. The number of para-hydroxylation sites is 3. The van der Waals surface area contributed by atoms with E-state index in [1.807, 2.05) is 83.4 Å². The molecule has 0 radical (unpaired) electrons. The second-order valence-electron chi connectivity index (χ2n) is 6.48. The SMILES string of the molecule is C=CCn1c(C=C(C(=O)Oc2ccccc2)c2ccccc2)nc2ccccc21. The average molecular weight is 380 g/mol. The standard InChI is InChI=1S/C25H20N2O2/c1-2-17-27-23-16-10-9-15-22(23)26-24(27)18-21(19-11-5-3-6-12-19)25(28)29-20-13-7-4-8-14-20/h2-16,18H,1,17H2. The van der Waals surface area contributed by atoms with E-state index in [2.05, 4.69) is 6.58 Å². The number of benzene rings is 3. The summed E-state index contributed by atoms with van der Waals surface area (Å²) in [4.78, 5) is 17.8. The Balaban J connectivity index is 1.82. The van der Waals surface area contributed by atoms with Crippen molar-refractivity contribution >= 4 is 28.7 Å². The number of nitrogens with zero attached hydrogens (tertiary/aromatic N) is 2. The molecule has 0 aliphatic carbocycles. The summed E-state index contributed by atoms with van der Waals surface area (Å²) in [6.45, 7) is 4.44. The van der Waals surface area contributed by atoms with E-state index in [9.17, 15) is 4.79 Å². The molecule has 0 unspecified atom stereocenters. The first kappa shape index (κ1) is 18.4. The van der Waals surface area contributed by atoms with Crippen LogP contribution >= 0.6 is 0 Å². The number of hydrogen-bond acceptors (Lipinski definition) is 3. The smallest absolute Gasteiger partial charge is 0.344 e. The maximum Gasteiger partial charge on any atom is 0.344 e. The van der Waals surface area contributed by atoms with Crippen LogP contribution in [-0.2, 0) is 11.3 Å². The maximum absolute atomic E-state index is 13.1. The molecule has 4 heteroatoms. The van der Waals surface area contributed by atoms with E-state index in [4.69, 9.17) is 9.72 Å². The van der Waals surface area contributed by atoms with Crippen molar-refractivity contribution in [1.82, 2.24) is 9.55 Å². The van der Waals surface area contributed by atoms with Crippen LogP contribution in [-0.4, -0.2) is 15.5 Å². The van der Waals surface area contributed by atoms with Crippen LogP contribution in [0.1, 0.15) is 11.4 Å². The van der Waals surface area contributed by atoms with Crippen LogP contribution in [0, 0.1) is 0 Å². The normalized spacial score (nSPS) is 11.4. The van der Waals surface area contributed by atoms with Crippen molar-refractivity contribution in [2.45, 2.75) is 6.54 Å². The molecule has 0 fully saturated rings. The van der Waals surface area contributed by atoms with Gasteiger partial charge in [0.05, 0.1) is 16.6 Å². The summed E-state index contributed by atoms with van der Waals surface area (Å²) in [5, 5.41) is 0. The second kappa shape index (κ2) is 8.40. The zero-order valence-corrected chi connectivity index (χ0v) is 15.9. The summed E-state index contributed by atoms with van der Waals surface area (Å²) >= 11 is 0. The minimum Gasteiger partial charge on any atom is -0.423 e. The van der Waals surface area contributed by atoms with E-state index in [0.717, 1.165) is 16.6 Å². The molecule has 0 amide bonds. The van der Waals surface area contributed by atoms with Gasteiger partial charge in [0.15, 0.2) is 0 Å². The highest BCUT2D eigenvalue weighted by atomic mass is 16.5. The lowest BCUT2D eigenvalue weighted by atomic mass is 10.1. The molecule has 0 saturated heterocycles. The molecular formula is C25H20N2O2. The zero-order valence-electron chi connectivity index (χ0n) is 15.9. The number of rotatable bonds is 6. The Kier molecular flexibility index (Phi) is 5.34. The van der Waals surface area contributed by atoms with Crippen molar-refractivity contribution in [3.63, 3.8) is 0 Å². The third-order valence-corrected chi connectivity index (χ3v) is 4.53. The molecule has 0 aliphatic rings. The van der Waals surface area contributed by atoms with Gasteiger partial charge in [-0.05, 0) is 35.9 Å².